The zero-order chi connectivity index (χ0) is 16.8. The Balaban J connectivity index is 2.83. The van der Waals surface area contributed by atoms with E-state index in [4.69, 9.17) is 5.11 Å². The molecule has 0 aliphatic heterocycles. The van der Waals surface area contributed by atoms with Crippen molar-refractivity contribution in [2.24, 2.45) is 5.41 Å². The second-order valence-electron chi connectivity index (χ2n) is 5.28. The van der Waals surface area contributed by atoms with Gasteiger partial charge in [0.25, 0.3) is 11.6 Å². The van der Waals surface area contributed by atoms with Crippen molar-refractivity contribution in [1.29, 1.82) is 0 Å². The van der Waals surface area contributed by atoms with Crippen molar-refractivity contribution in [1.82, 2.24) is 5.32 Å². The van der Waals surface area contributed by atoms with Gasteiger partial charge in [0.2, 0.25) is 0 Å². The number of benzene rings is 1. The van der Waals surface area contributed by atoms with Crippen LogP contribution in [0.5, 0.6) is 0 Å². The first-order valence-corrected chi connectivity index (χ1v) is 7.22. The summed E-state index contributed by atoms with van der Waals surface area (Å²) < 4.78 is 13.8. The highest BCUT2D eigenvalue weighted by molar-refractivity contribution is 5.94. The molecule has 0 saturated heterocycles. The van der Waals surface area contributed by atoms with Gasteiger partial charge in [-0.15, -0.1) is 0 Å². The number of carbonyl (C=O) groups excluding carboxylic acids is 1. The minimum atomic E-state index is -0.924. The average Bonchev–Trinajstić information content (AvgIpc) is 2.51. The van der Waals surface area contributed by atoms with E-state index in [1.54, 1.807) is 0 Å². The molecule has 0 aliphatic carbocycles. The number of aliphatic hydroxyl groups is 1. The molecule has 1 amide bonds. The van der Waals surface area contributed by atoms with Crippen molar-refractivity contribution >= 4 is 11.6 Å². The number of non-ortho nitro benzene ring substituents is 1. The highest BCUT2D eigenvalue weighted by atomic mass is 19.1. The van der Waals surface area contributed by atoms with Crippen LogP contribution in [0.25, 0.3) is 0 Å². The topological polar surface area (TPSA) is 92.5 Å². The summed E-state index contributed by atoms with van der Waals surface area (Å²) in [5.41, 5.74) is -0.858. The van der Waals surface area contributed by atoms with Crippen molar-refractivity contribution in [3.63, 3.8) is 0 Å². The Morgan fingerprint density at radius 3 is 2.50 bits per heavy atom. The highest BCUT2D eigenvalue weighted by Crippen LogP contribution is 2.29. The van der Waals surface area contributed by atoms with Crippen LogP contribution in [-0.4, -0.2) is 29.1 Å². The van der Waals surface area contributed by atoms with Crippen LogP contribution in [-0.2, 0) is 0 Å². The third-order valence-corrected chi connectivity index (χ3v) is 4.17. The second-order valence-corrected chi connectivity index (χ2v) is 5.28. The molecule has 122 valence electrons. The summed E-state index contributed by atoms with van der Waals surface area (Å²) in [6, 6.07) is 2.93. The zero-order valence-corrected chi connectivity index (χ0v) is 12.8. The third kappa shape index (κ3) is 4.24. The molecule has 22 heavy (non-hydrogen) atoms. The lowest BCUT2D eigenvalue weighted by Crippen LogP contribution is -2.38. The predicted octanol–water partition coefficient (Wildman–Crippen LogP) is 2.65. The number of aliphatic hydroxyl groups excluding tert-OH is 1. The molecule has 0 spiro atoms. The summed E-state index contributed by atoms with van der Waals surface area (Å²) in [6.07, 6.45) is 2.09. The Hall–Kier alpha value is -2.02. The molecule has 0 heterocycles. The van der Waals surface area contributed by atoms with Gasteiger partial charge in [-0.3, -0.25) is 14.9 Å². The van der Waals surface area contributed by atoms with E-state index in [9.17, 15) is 19.3 Å². The zero-order valence-electron chi connectivity index (χ0n) is 12.8. The minimum Gasteiger partial charge on any atom is -0.396 e. The van der Waals surface area contributed by atoms with Gasteiger partial charge in [-0.25, -0.2) is 4.39 Å². The molecule has 0 aliphatic rings. The second kappa shape index (κ2) is 7.84. The molecular formula is C15H21FN2O4. The molecular weight excluding hydrogens is 291 g/mol. The van der Waals surface area contributed by atoms with Crippen LogP contribution < -0.4 is 5.32 Å². The van der Waals surface area contributed by atoms with Crippen LogP contribution in [0.15, 0.2) is 18.2 Å². The number of nitrogens with one attached hydrogen (secondary N) is 1. The number of halogens is 1. The summed E-state index contributed by atoms with van der Waals surface area (Å²) in [7, 11) is 0. The maximum absolute atomic E-state index is 13.8. The van der Waals surface area contributed by atoms with Gasteiger partial charge in [0, 0.05) is 19.2 Å². The lowest BCUT2D eigenvalue weighted by Gasteiger charge is -2.31. The summed E-state index contributed by atoms with van der Waals surface area (Å²) >= 11 is 0. The Bertz CT molecular complexity index is 544. The third-order valence-electron chi connectivity index (χ3n) is 4.17. The Kier molecular flexibility index (Phi) is 6.42. The lowest BCUT2D eigenvalue weighted by atomic mass is 9.79. The number of nitro groups is 1. The number of hydrogen-bond donors (Lipinski definition) is 2. The molecule has 1 aromatic rings. The summed E-state index contributed by atoms with van der Waals surface area (Å²) in [6.45, 7) is 4.27. The Morgan fingerprint density at radius 1 is 1.41 bits per heavy atom. The molecule has 2 N–H and O–H groups in total. The van der Waals surface area contributed by atoms with Crippen molar-refractivity contribution < 1.29 is 19.2 Å². The van der Waals surface area contributed by atoms with E-state index in [1.165, 1.54) is 0 Å². The van der Waals surface area contributed by atoms with Gasteiger partial charge in [-0.2, -0.15) is 0 Å². The number of amides is 1. The van der Waals surface area contributed by atoms with E-state index >= 15 is 0 Å². The summed E-state index contributed by atoms with van der Waals surface area (Å²) in [4.78, 5) is 21.9. The molecule has 0 atom stereocenters. The molecule has 1 aromatic carbocycles. The first-order chi connectivity index (χ1) is 10.4. The van der Waals surface area contributed by atoms with E-state index < -0.39 is 22.3 Å². The molecule has 1 rings (SSSR count). The lowest BCUT2D eigenvalue weighted by molar-refractivity contribution is -0.385. The maximum Gasteiger partial charge on any atom is 0.272 e. The van der Waals surface area contributed by atoms with Crippen LogP contribution >= 0.6 is 0 Å². The standard InChI is InChI=1S/C15H21FN2O4/c1-3-15(4-2,7-8-19)10-17-14(20)12-6-5-11(18(21)22)9-13(12)16/h5-6,9,19H,3-4,7-8,10H2,1-2H3,(H,17,20). The van der Waals surface area contributed by atoms with E-state index in [0.29, 0.717) is 13.0 Å². The Labute approximate surface area is 128 Å². The van der Waals surface area contributed by atoms with Gasteiger partial charge in [0.1, 0.15) is 5.82 Å². The van der Waals surface area contributed by atoms with Crippen molar-refractivity contribution in [2.75, 3.05) is 13.2 Å². The van der Waals surface area contributed by atoms with Gasteiger partial charge in [-0.05, 0) is 30.7 Å². The van der Waals surface area contributed by atoms with E-state index in [-0.39, 0.29) is 17.6 Å². The highest BCUT2D eigenvalue weighted by Gasteiger charge is 2.27. The number of nitro benzene ring substituents is 1. The molecule has 0 radical (unpaired) electrons. The monoisotopic (exact) mass is 312 g/mol. The fourth-order valence-electron chi connectivity index (χ4n) is 2.34. The molecule has 0 saturated carbocycles. The van der Waals surface area contributed by atoms with Crippen molar-refractivity contribution in [3.05, 3.63) is 39.7 Å². The first kappa shape index (κ1) is 18.0. The summed E-state index contributed by atoms with van der Waals surface area (Å²) in [5.74, 6) is -1.54. The van der Waals surface area contributed by atoms with Gasteiger partial charge in [0.05, 0.1) is 16.6 Å². The smallest absolute Gasteiger partial charge is 0.272 e. The number of carbonyl (C=O) groups is 1. The van der Waals surface area contributed by atoms with Gasteiger partial charge in [0.15, 0.2) is 0 Å². The van der Waals surface area contributed by atoms with Crippen molar-refractivity contribution in [2.45, 2.75) is 33.1 Å². The fraction of sp³-hybridized carbons (Fsp3) is 0.533. The van der Waals surface area contributed by atoms with Gasteiger partial charge >= 0.3 is 0 Å². The van der Waals surface area contributed by atoms with Crippen LogP contribution in [0.3, 0.4) is 0 Å². The molecule has 7 heteroatoms. The van der Waals surface area contributed by atoms with Gasteiger partial charge in [-0.1, -0.05) is 13.8 Å². The molecule has 6 nitrogen and oxygen atoms in total. The molecule has 0 aromatic heterocycles. The molecule has 0 bridgehead atoms. The van der Waals surface area contributed by atoms with E-state index in [2.05, 4.69) is 5.32 Å². The van der Waals surface area contributed by atoms with E-state index in [1.807, 2.05) is 13.8 Å². The molecule has 0 unspecified atom stereocenters. The number of nitrogens with zero attached hydrogens (tertiary/aromatic N) is 1. The van der Waals surface area contributed by atoms with E-state index in [0.717, 1.165) is 31.0 Å². The molecule has 0 fully saturated rings. The average molecular weight is 312 g/mol. The Morgan fingerprint density at radius 2 is 2.05 bits per heavy atom. The number of hydrogen-bond acceptors (Lipinski definition) is 4. The SMILES string of the molecule is CCC(CC)(CCO)CNC(=O)c1ccc([N+](=O)[O-])cc1F. The quantitative estimate of drug-likeness (QED) is 0.570. The van der Waals surface area contributed by atoms with Crippen LogP contribution in [0.1, 0.15) is 43.5 Å². The first-order valence-electron chi connectivity index (χ1n) is 7.22. The summed E-state index contributed by atoms with van der Waals surface area (Å²) in [5, 5.41) is 22.3. The van der Waals surface area contributed by atoms with Crippen LogP contribution in [0.2, 0.25) is 0 Å². The van der Waals surface area contributed by atoms with Gasteiger partial charge < -0.3 is 10.4 Å². The number of rotatable bonds is 8. The predicted molar refractivity (Wildman–Crippen MR) is 80.1 cm³/mol. The fourth-order valence-corrected chi connectivity index (χ4v) is 2.34. The maximum atomic E-state index is 13.8. The van der Waals surface area contributed by atoms with Crippen LogP contribution in [0, 0.1) is 21.3 Å². The normalized spacial score (nSPS) is 11.3. The van der Waals surface area contributed by atoms with Crippen molar-refractivity contribution in [3.8, 4) is 0 Å². The largest absolute Gasteiger partial charge is 0.396 e. The van der Waals surface area contributed by atoms with Crippen LogP contribution in [0.4, 0.5) is 10.1 Å². The minimum absolute atomic E-state index is 0.0173.